The number of aryl methyl sites for hydroxylation is 1. The number of hydrogen-bond donors (Lipinski definition) is 1. The SMILES string of the molecule is COc1ccc(-c2nc(C(CC=O)c3ncccc3C)co2)cc1O. The van der Waals surface area contributed by atoms with E-state index in [4.69, 9.17) is 9.15 Å². The zero-order valence-corrected chi connectivity index (χ0v) is 14.0. The smallest absolute Gasteiger partial charge is 0.226 e. The van der Waals surface area contributed by atoms with Crippen LogP contribution < -0.4 is 4.74 Å². The van der Waals surface area contributed by atoms with Crippen molar-refractivity contribution < 1.29 is 19.1 Å². The van der Waals surface area contributed by atoms with Crippen LogP contribution in [0.15, 0.2) is 47.2 Å². The van der Waals surface area contributed by atoms with Crippen molar-refractivity contribution in [3.05, 3.63) is 59.7 Å². The highest BCUT2D eigenvalue weighted by atomic mass is 16.5. The summed E-state index contributed by atoms with van der Waals surface area (Å²) in [5.74, 6) is 0.462. The number of rotatable bonds is 6. The van der Waals surface area contributed by atoms with Gasteiger partial charge in [0.1, 0.15) is 12.5 Å². The maximum absolute atomic E-state index is 11.1. The van der Waals surface area contributed by atoms with E-state index in [2.05, 4.69) is 9.97 Å². The third-order valence-corrected chi connectivity index (χ3v) is 4.02. The van der Waals surface area contributed by atoms with Gasteiger partial charge in [-0.25, -0.2) is 4.98 Å². The molecule has 1 atom stereocenters. The summed E-state index contributed by atoms with van der Waals surface area (Å²) < 4.78 is 10.6. The fourth-order valence-corrected chi connectivity index (χ4v) is 2.73. The Kier molecular flexibility index (Phi) is 4.79. The first-order valence-electron chi connectivity index (χ1n) is 7.82. The number of carbonyl (C=O) groups excluding carboxylic acids is 1. The molecule has 1 aromatic carbocycles. The summed E-state index contributed by atoms with van der Waals surface area (Å²) in [6.45, 7) is 1.95. The number of aromatic hydroxyl groups is 1. The van der Waals surface area contributed by atoms with E-state index in [1.807, 2.05) is 19.1 Å². The van der Waals surface area contributed by atoms with Gasteiger partial charge in [0.2, 0.25) is 5.89 Å². The number of nitrogens with zero attached hydrogens (tertiary/aromatic N) is 2. The summed E-state index contributed by atoms with van der Waals surface area (Å²) in [7, 11) is 1.48. The van der Waals surface area contributed by atoms with Gasteiger partial charge in [0.05, 0.1) is 24.4 Å². The zero-order chi connectivity index (χ0) is 17.8. The quantitative estimate of drug-likeness (QED) is 0.693. The van der Waals surface area contributed by atoms with Gasteiger partial charge in [0.25, 0.3) is 0 Å². The van der Waals surface area contributed by atoms with Crippen LogP contribution in [0.1, 0.15) is 29.3 Å². The predicted octanol–water partition coefficient (Wildman–Crippen LogP) is 3.48. The minimum Gasteiger partial charge on any atom is -0.504 e. The molecule has 6 heteroatoms. The molecule has 1 unspecified atom stereocenters. The summed E-state index contributed by atoms with van der Waals surface area (Å²) in [6.07, 6.45) is 4.34. The maximum atomic E-state index is 11.1. The number of ether oxygens (including phenoxy) is 1. The molecule has 128 valence electrons. The molecule has 0 aliphatic carbocycles. The lowest BCUT2D eigenvalue weighted by Gasteiger charge is -2.12. The highest BCUT2D eigenvalue weighted by Crippen LogP contribution is 2.33. The second kappa shape index (κ2) is 7.17. The Hall–Kier alpha value is -3.15. The van der Waals surface area contributed by atoms with Gasteiger partial charge in [0.15, 0.2) is 11.5 Å². The molecule has 3 aromatic rings. The Morgan fingerprint density at radius 1 is 1.36 bits per heavy atom. The van der Waals surface area contributed by atoms with Gasteiger partial charge in [-0.1, -0.05) is 6.07 Å². The van der Waals surface area contributed by atoms with Crippen molar-refractivity contribution in [3.8, 4) is 23.0 Å². The first-order chi connectivity index (χ1) is 12.1. The van der Waals surface area contributed by atoms with Crippen molar-refractivity contribution in [1.29, 1.82) is 0 Å². The lowest BCUT2D eigenvalue weighted by atomic mass is 9.95. The minimum absolute atomic E-state index is 0.00441. The highest BCUT2D eigenvalue weighted by Gasteiger charge is 2.22. The second-order valence-electron chi connectivity index (χ2n) is 5.62. The molecule has 0 saturated heterocycles. The van der Waals surface area contributed by atoms with Gasteiger partial charge < -0.3 is 19.1 Å². The van der Waals surface area contributed by atoms with E-state index >= 15 is 0 Å². The monoisotopic (exact) mass is 338 g/mol. The van der Waals surface area contributed by atoms with Crippen molar-refractivity contribution in [3.63, 3.8) is 0 Å². The molecule has 2 heterocycles. The molecule has 3 rings (SSSR count). The molecule has 0 fully saturated rings. The van der Waals surface area contributed by atoms with Crippen LogP contribution in [0, 0.1) is 6.92 Å². The topological polar surface area (TPSA) is 85.5 Å². The number of pyridine rings is 1. The second-order valence-corrected chi connectivity index (χ2v) is 5.62. The van der Waals surface area contributed by atoms with E-state index in [1.54, 1.807) is 18.3 Å². The normalized spacial score (nSPS) is 11.9. The molecule has 2 aromatic heterocycles. The predicted molar refractivity (Wildman–Crippen MR) is 91.7 cm³/mol. The van der Waals surface area contributed by atoms with E-state index in [0.717, 1.165) is 17.5 Å². The molecule has 1 N–H and O–H groups in total. The van der Waals surface area contributed by atoms with Crippen LogP contribution in [-0.4, -0.2) is 28.5 Å². The molecule has 0 amide bonds. The number of benzene rings is 1. The van der Waals surface area contributed by atoms with Crippen molar-refractivity contribution in [2.75, 3.05) is 7.11 Å². The molecule has 0 aliphatic rings. The number of aromatic nitrogens is 2. The Morgan fingerprint density at radius 3 is 2.88 bits per heavy atom. The van der Waals surface area contributed by atoms with Crippen LogP contribution >= 0.6 is 0 Å². The number of aldehydes is 1. The summed E-state index contributed by atoms with van der Waals surface area (Å²) in [5.41, 5.74) is 3.03. The number of oxazole rings is 1. The van der Waals surface area contributed by atoms with Gasteiger partial charge in [-0.3, -0.25) is 4.98 Å². The van der Waals surface area contributed by atoms with Gasteiger partial charge >= 0.3 is 0 Å². The van der Waals surface area contributed by atoms with Crippen LogP contribution in [0.2, 0.25) is 0 Å². The Bertz CT molecular complexity index is 889. The first kappa shape index (κ1) is 16.7. The molecule has 0 spiro atoms. The van der Waals surface area contributed by atoms with Gasteiger partial charge in [-0.05, 0) is 36.8 Å². The van der Waals surface area contributed by atoms with E-state index in [1.165, 1.54) is 19.4 Å². The highest BCUT2D eigenvalue weighted by molar-refractivity contribution is 5.60. The van der Waals surface area contributed by atoms with Gasteiger partial charge in [0, 0.05) is 18.2 Å². The molecule has 0 bridgehead atoms. The lowest BCUT2D eigenvalue weighted by Crippen LogP contribution is -2.07. The summed E-state index contributed by atoms with van der Waals surface area (Å²) in [4.78, 5) is 20.0. The standard InChI is InChI=1S/C19H18N2O4/c1-12-4-3-8-20-18(12)14(7-9-22)15-11-25-19(21-15)13-5-6-17(24-2)16(23)10-13/h3-6,8-11,14,23H,7H2,1-2H3. The number of phenolic OH excluding ortho intramolecular Hbond substituents is 1. The molecule has 0 aliphatic heterocycles. The summed E-state index contributed by atoms with van der Waals surface area (Å²) in [6, 6.07) is 8.71. The maximum Gasteiger partial charge on any atom is 0.226 e. The van der Waals surface area contributed by atoms with E-state index < -0.39 is 0 Å². The van der Waals surface area contributed by atoms with E-state index in [0.29, 0.717) is 22.9 Å². The molecular formula is C19H18N2O4. The molecule has 0 saturated carbocycles. The largest absolute Gasteiger partial charge is 0.504 e. The Labute approximate surface area is 145 Å². The van der Waals surface area contributed by atoms with Crippen molar-refractivity contribution >= 4 is 6.29 Å². The number of phenols is 1. The Balaban J connectivity index is 1.97. The summed E-state index contributed by atoms with van der Waals surface area (Å²) >= 11 is 0. The van der Waals surface area contributed by atoms with Crippen LogP contribution in [-0.2, 0) is 4.79 Å². The molecule has 25 heavy (non-hydrogen) atoms. The fourth-order valence-electron chi connectivity index (χ4n) is 2.73. The average molecular weight is 338 g/mol. The van der Waals surface area contributed by atoms with Crippen LogP contribution in [0.3, 0.4) is 0 Å². The minimum atomic E-state index is -0.275. The zero-order valence-electron chi connectivity index (χ0n) is 14.0. The average Bonchev–Trinajstić information content (AvgIpc) is 3.10. The Morgan fingerprint density at radius 2 is 2.20 bits per heavy atom. The van der Waals surface area contributed by atoms with Crippen LogP contribution in [0.4, 0.5) is 0 Å². The van der Waals surface area contributed by atoms with Crippen LogP contribution in [0.5, 0.6) is 11.5 Å². The molecule has 0 radical (unpaired) electrons. The van der Waals surface area contributed by atoms with E-state index in [9.17, 15) is 9.90 Å². The number of hydrogen-bond acceptors (Lipinski definition) is 6. The van der Waals surface area contributed by atoms with Gasteiger partial charge in [-0.2, -0.15) is 0 Å². The van der Waals surface area contributed by atoms with Crippen molar-refractivity contribution in [1.82, 2.24) is 9.97 Å². The molecular weight excluding hydrogens is 320 g/mol. The fraction of sp³-hybridized carbons (Fsp3) is 0.211. The van der Waals surface area contributed by atoms with E-state index in [-0.39, 0.29) is 18.1 Å². The van der Waals surface area contributed by atoms with Crippen molar-refractivity contribution in [2.45, 2.75) is 19.3 Å². The van der Waals surface area contributed by atoms with Crippen molar-refractivity contribution in [2.24, 2.45) is 0 Å². The number of carbonyl (C=O) groups is 1. The van der Waals surface area contributed by atoms with Gasteiger partial charge in [-0.15, -0.1) is 0 Å². The first-order valence-corrected chi connectivity index (χ1v) is 7.82. The van der Waals surface area contributed by atoms with Crippen LogP contribution in [0.25, 0.3) is 11.5 Å². The summed E-state index contributed by atoms with van der Waals surface area (Å²) in [5, 5.41) is 9.92. The lowest BCUT2D eigenvalue weighted by molar-refractivity contribution is -0.108. The third kappa shape index (κ3) is 3.38. The molecule has 6 nitrogen and oxygen atoms in total. The third-order valence-electron chi connectivity index (χ3n) is 4.02. The number of methoxy groups -OCH3 is 1.